The molecule has 3 nitrogen and oxygen atoms in total. The van der Waals surface area contributed by atoms with E-state index in [1.807, 2.05) is 23.9 Å². The maximum absolute atomic E-state index is 5.97. The maximum Gasteiger partial charge on any atom is 0.161 e. The normalized spacial score (nSPS) is 12.2. The van der Waals surface area contributed by atoms with Crippen LogP contribution in [0.15, 0.2) is 18.2 Å². The van der Waals surface area contributed by atoms with E-state index in [-0.39, 0.29) is 6.04 Å². The first kappa shape index (κ1) is 16.2. The number of ether oxygens (including phenoxy) is 2. The van der Waals surface area contributed by atoms with Crippen LogP contribution in [-0.2, 0) is 6.42 Å². The summed E-state index contributed by atoms with van der Waals surface area (Å²) in [6.07, 6.45) is 1.85. The van der Waals surface area contributed by atoms with Gasteiger partial charge in [0.15, 0.2) is 11.5 Å². The van der Waals surface area contributed by atoms with Crippen molar-refractivity contribution >= 4 is 11.8 Å². The quantitative estimate of drug-likeness (QED) is 0.707. The zero-order valence-corrected chi connectivity index (χ0v) is 13.0. The number of thioether (sulfide) groups is 1. The zero-order chi connectivity index (χ0) is 14.1. The van der Waals surface area contributed by atoms with Crippen LogP contribution < -0.4 is 15.2 Å². The fraction of sp³-hybridized carbons (Fsp3) is 0.600. The summed E-state index contributed by atoms with van der Waals surface area (Å²) in [4.78, 5) is 0. The van der Waals surface area contributed by atoms with E-state index in [1.165, 1.54) is 5.56 Å². The van der Waals surface area contributed by atoms with E-state index in [1.54, 1.807) is 7.11 Å². The third-order valence-corrected chi connectivity index (χ3v) is 3.80. The van der Waals surface area contributed by atoms with Gasteiger partial charge < -0.3 is 15.2 Å². The van der Waals surface area contributed by atoms with Crippen LogP contribution in [0.25, 0.3) is 0 Å². The van der Waals surface area contributed by atoms with Crippen molar-refractivity contribution in [1.82, 2.24) is 0 Å². The first-order valence-corrected chi connectivity index (χ1v) is 7.99. The van der Waals surface area contributed by atoms with E-state index in [0.717, 1.165) is 35.8 Å². The molecular formula is C15H25NO2S. The van der Waals surface area contributed by atoms with E-state index in [9.17, 15) is 0 Å². The molecule has 108 valence electrons. The van der Waals surface area contributed by atoms with Crippen molar-refractivity contribution in [3.8, 4) is 11.5 Å². The van der Waals surface area contributed by atoms with E-state index < -0.39 is 0 Å². The highest BCUT2D eigenvalue weighted by molar-refractivity contribution is 7.99. The topological polar surface area (TPSA) is 44.5 Å². The number of hydrogen-bond donors (Lipinski definition) is 1. The smallest absolute Gasteiger partial charge is 0.161 e. The molecule has 0 radical (unpaired) electrons. The minimum absolute atomic E-state index is 0.206. The molecule has 19 heavy (non-hydrogen) atoms. The van der Waals surface area contributed by atoms with Crippen LogP contribution in [0.5, 0.6) is 11.5 Å². The van der Waals surface area contributed by atoms with Gasteiger partial charge in [0, 0.05) is 11.8 Å². The number of methoxy groups -OCH3 is 1. The molecule has 1 aromatic rings. The molecule has 0 amide bonds. The number of benzene rings is 1. The predicted octanol–water partition coefficient (Wildman–Crippen LogP) is 3.11. The van der Waals surface area contributed by atoms with Crippen LogP contribution in [0.1, 0.15) is 25.8 Å². The van der Waals surface area contributed by atoms with Crippen LogP contribution in [0.4, 0.5) is 0 Å². The van der Waals surface area contributed by atoms with Gasteiger partial charge in [-0.3, -0.25) is 0 Å². The molecule has 0 spiro atoms. The van der Waals surface area contributed by atoms with Crippen LogP contribution in [-0.4, -0.2) is 31.3 Å². The van der Waals surface area contributed by atoms with Gasteiger partial charge in [0.05, 0.1) is 13.7 Å². The molecule has 1 aromatic carbocycles. The van der Waals surface area contributed by atoms with Crippen molar-refractivity contribution in [2.24, 2.45) is 5.73 Å². The molecule has 0 aliphatic heterocycles. The van der Waals surface area contributed by atoms with Gasteiger partial charge in [0.25, 0.3) is 0 Å². The summed E-state index contributed by atoms with van der Waals surface area (Å²) in [7, 11) is 1.67. The van der Waals surface area contributed by atoms with Crippen LogP contribution in [0.2, 0.25) is 0 Å². The van der Waals surface area contributed by atoms with Gasteiger partial charge in [0.2, 0.25) is 0 Å². The third-order valence-electron chi connectivity index (χ3n) is 2.94. The summed E-state index contributed by atoms with van der Waals surface area (Å²) >= 11 is 1.87. The van der Waals surface area contributed by atoms with Gasteiger partial charge in [-0.15, -0.1) is 0 Å². The Balaban J connectivity index is 2.62. The second-order valence-corrected chi connectivity index (χ2v) is 5.80. The Labute approximate surface area is 120 Å². The van der Waals surface area contributed by atoms with Crippen LogP contribution in [0, 0.1) is 0 Å². The molecule has 0 saturated heterocycles. The summed E-state index contributed by atoms with van der Waals surface area (Å²) in [5.74, 6) is 3.73. The lowest BCUT2D eigenvalue weighted by atomic mass is 10.0. The average molecular weight is 283 g/mol. The summed E-state index contributed by atoms with van der Waals surface area (Å²) in [6, 6.07) is 6.28. The Kier molecular flexibility index (Phi) is 7.75. The van der Waals surface area contributed by atoms with Gasteiger partial charge >= 0.3 is 0 Å². The molecule has 0 aliphatic carbocycles. The minimum Gasteiger partial charge on any atom is -0.493 e. The number of nitrogens with two attached hydrogens (primary N) is 1. The Hall–Kier alpha value is -0.870. The molecule has 0 aromatic heterocycles. The molecule has 1 unspecified atom stereocenters. The van der Waals surface area contributed by atoms with Crippen molar-refractivity contribution in [3.63, 3.8) is 0 Å². The molecule has 1 atom stereocenters. The predicted molar refractivity (Wildman–Crippen MR) is 83.5 cm³/mol. The monoisotopic (exact) mass is 283 g/mol. The Morgan fingerprint density at radius 1 is 1.26 bits per heavy atom. The fourth-order valence-electron chi connectivity index (χ4n) is 1.76. The summed E-state index contributed by atoms with van der Waals surface area (Å²) in [5.41, 5.74) is 7.17. The minimum atomic E-state index is 0.206. The largest absolute Gasteiger partial charge is 0.493 e. The molecule has 0 heterocycles. The van der Waals surface area contributed by atoms with Crippen LogP contribution >= 0.6 is 11.8 Å². The SMILES string of the molecule is CCSCCOc1ccc(CC(N)CC)cc1OC. The van der Waals surface area contributed by atoms with E-state index in [2.05, 4.69) is 19.9 Å². The second kappa shape index (κ2) is 9.10. The van der Waals surface area contributed by atoms with Gasteiger partial charge in [-0.25, -0.2) is 0 Å². The molecular weight excluding hydrogens is 258 g/mol. The Morgan fingerprint density at radius 2 is 2.05 bits per heavy atom. The van der Waals surface area contributed by atoms with Gasteiger partial charge in [0.1, 0.15) is 0 Å². The van der Waals surface area contributed by atoms with Crippen molar-refractivity contribution in [1.29, 1.82) is 0 Å². The average Bonchev–Trinajstić information content (AvgIpc) is 2.44. The van der Waals surface area contributed by atoms with Gasteiger partial charge in [-0.05, 0) is 36.3 Å². The van der Waals surface area contributed by atoms with E-state index in [4.69, 9.17) is 15.2 Å². The molecule has 0 bridgehead atoms. The highest BCUT2D eigenvalue weighted by atomic mass is 32.2. The molecule has 2 N–H and O–H groups in total. The molecule has 1 rings (SSSR count). The Morgan fingerprint density at radius 3 is 2.68 bits per heavy atom. The first-order valence-electron chi connectivity index (χ1n) is 6.84. The van der Waals surface area contributed by atoms with Crippen molar-refractivity contribution in [3.05, 3.63) is 23.8 Å². The zero-order valence-electron chi connectivity index (χ0n) is 12.1. The molecule has 0 fully saturated rings. The van der Waals surface area contributed by atoms with Gasteiger partial charge in [-0.2, -0.15) is 11.8 Å². The van der Waals surface area contributed by atoms with Gasteiger partial charge in [-0.1, -0.05) is 19.9 Å². The highest BCUT2D eigenvalue weighted by Gasteiger charge is 2.08. The summed E-state index contributed by atoms with van der Waals surface area (Å²) in [6.45, 7) is 4.96. The fourth-order valence-corrected chi connectivity index (χ4v) is 2.25. The maximum atomic E-state index is 5.97. The van der Waals surface area contributed by atoms with Crippen molar-refractivity contribution in [2.75, 3.05) is 25.2 Å². The Bertz CT molecular complexity index is 371. The first-order chi connectivity index (χ1) is 9.21. The number of rotatable bonds is 9. The van der Waals surface area contributed by atoms with E-state index in [0.29, 0.717) is 6.61 Å². The summed E-state index contributed by atoms with van der Waals surface area (Å²) in [5, 5.41) is 0. The third kappa shape index (κ3) is 5.74. The lowest BCUT2D eigenvalue weighted by Gasteiger charge is -2.13. The molecule has 0 saturated carbocycles. The standard InChI is InChI=1S/C15H25NO2S/c1-4-13(16)10-12-6-7-14(15(11-12)17-3)18-8-9-19-5-2/h6-7,11,13H,4-5,8-10,16H2,1-3H3. The molecule has 0 aliphatic rings. The van der Waals surface area contributed by atoms with Crippen LogP contribution in [0.3, 0.4) is 0 Å². The van der Waals surface area contributed by atoms with Crippen molar-refractivity contribution < 1.29 is 9.47 Å². The molecule has 4 heteroatoms. The number of hydrogen-bond acceptors (Lipinski definition) is 4. The highest BCUT2D eigenvalue weighted by Crippen LogP contribution is 2.28. The van der Waals surface area contributed by atoms with E-state index >= 15 is 0 Å². The lowest BCUT2D eigenvalue weighted by molar-refractivity contribution is 0.313. The van der Waals surface area contributed by atoms with Crippen molar-refractivity contribution in [2.45, 2.75) is 32.7 Å². The summed E-state index contributed by atoms with van der Waals surface area (Å²) < 4.78 is 11.1. The lowest BCUT2D eigenvalue weighted by Crippen LogP contribution is -2.21. The second-order valence-electron chi connectivity index (χ2n) is 4.40.